The molecule has 20 heavy (non-hydrogen) atoms. The van der Waals surface area contributed by atoms with Crippen LogP contribution in [-0.4, -0.2) is 26.9 Å². The molecule has 1 aromatic rings. The molecular weight excluding hydrogens is 254 g/mol. The van der Waals surface area contributed by atoms with Crippen molar-refractivity contribution < 1.29 is 4.79 Å². The monoisotopic (exact) mass is 279 g/mol. The van der Waals surface area contributed by atoms with Gasteiger partial charge < -0.3 is 11.1 Å². The first-order chi connectivity index (χ1) is 9.45. The molecule has 0 unspecified atom stereocenters. The van der Waals surface area contributed by atoms with E-state index in [0.29, 0.717) is 11.7 Å². The minimum absolute atomic E-state index is 0.00294. The van der Waals surface area contributed by atoms with Crippen LogP contribution in [0, 0.1) is 0 Å². The Morgan fingerprint density at radius 1 is 1.40 bits per heavy atom. The maximum atomic E-state index is 12.0. The van der Waals surface area contributed by atoms with Crippen molar-refractivity contribution in [3.8, 4) is 0 Å². The number of nitrogens with zero attached hydrogens (tertiary/aromatic N) is 3. The predicted octanol–water partition coefficient (Wildman–Crippen LogP) is 1.31. The highest BCUT2D eigenvalue weighted by Gasteiger charge is 2.19. The zero-order chi connectivity index (χ0) is 14.6. The van der Waals surface area contributed by atoms with Crippen LogP contribution in [0.15, 0.2) is 6.20 Å². The van der Waals surface area contributed by atoms with Crippen molar-refractivity contribution >= 4 is 5.91 Å². The number of carbonyl (C=O) groups is 1. The molecule has 0 atom stereocenters. The number of rotatable bonds is 4. The van der Waals surface area contributed by atoms with Crippen molar-refractivity contribution in [2.45, 2.75) is 70.5 Å². The number of nitrogens with two attached hydrogens (primary N) is 1. The molecule has 0 spiro atoms. The Balaban J connectivity index is 1.86. The molecule has 1 aliphatic carbocycles. The van der Waals surface area contributed by atoms with Crippen LogP contribution in [0.25, 0.3) is 0 Å². The molecule has 3 N–H and O–H groups in total. The standard InChI is InChI=1S/C14H25N5O/c1-14(2,15)12-9-19(18-17-12)10-13(20)16-11-7-5-3-4-6-8-11/h9,11H,3-8,10,15H2,1-2H3,(H,16,20). The highest BCUT2D eigenvalue weighted by Crippen LogP contribution is 2.17. The molecular formula is C14H25N5O. The van der Waals surface area contributed by atoms with Crippen molar-refractivity contribution in [2.24, 2.45) is 5.73 Å². The first kappa shape index (κ1) is 15.0. The maximum absolute atomic E-state index is 12.0. The Morgan fingerprint density at radius 2 is 2.05 bits per heavy atom. The predicted molar refractivity (Wildman–Crippen MR) is 76.9 cm³/mol. The van der Waals surface area contributed by atoms with E-state index in [1.165, 1.54) is 25.7 Å². The molecule has 0 radical (unpaired) electrons. The third kappa shape index (κ3) is 4.30. The average Bonchev–Trinajstić information content (AvgIpc) is 2.67. The van der Waals surface area contributed by atoms with E-state index in [2.05, 4.69) is 15.6 Å². The average molecular weight is 279 g/mol. The van der Waals surface area contributed by atoms with E-state index < -0.39 is 5.54 Å². The summed E-state index contributed by atoms with van der Waals surface area (Å²) in [5.41, 5.74) is 6.11. The molecule has 1 fully saturated rings. The van der Waals surface area contributed by atoms with Gasteiger partial charge in [0, 0.05) is 6.04 Å². The summed E-state index contributed by atoms with van der Waals surface area (Å²) in [5, 5.41) is 11.1. The van der Waals surface area contributed by atoms with Crippen molar-refractivity contribution in [3.63, 3.8) is 0 Å². The number of hydrogen-bond donors (Lipinski definition) is 2. The molecule has 6 heteroatoms. The lowest BCUT2D eigenvalue weighted by atomic mass is 10.0. The summed E-state index contributed by atoms with van der Waals surface area (Å²) < 4.78 is 1.55. The first-order valence-corrected chi connectivity index (χ1v) is 7.44. The normalized spacial score (nSPS) is 17.8. The summed E-state index contributed by atoms with van der Waals surface area (Å²) in [6.45, 7) is 3.94. The number of amides is 1. The van der Waals surface area contributed by atoms with Gasteiger partial charge in [-0.25, -0.2) is 4.68 Å². The second-order valence-electron chi connectivity index (χ2n) is 6.28. The molecule has 6 nitrogen and oxygen atoms in total. The topological polar surface area (TPSA) is 85.8 Å². The van der Waals surface area contributed by atoms with Gasteiger partial charge in [0.1, 0.15) is 12.2 Å². The molecule has 2 rings (SSSR count). The van der Waals surface area contributed by atoms with Gasteiger partial charge in [-0.05, 0) is 26.7 Å². The number of carbonyl (C=O) groups excluding carboxylic acids is 1. The Labute approximate surface area is 120 Å². The molecule has 0 saturated heterocycles. The summed E-state index contributed by atoms with van der Waals surface area (Å²) in [6.07, 6.45) is 8.90. The van der Waals surface area contributed by atoms with E-state index in [0.717, 1.165) is 12.8 Å². The molecule has 0 aliphatic heterocycles. The third-order valence-corrected chi connectivity index (χ3v) is 3.72. The molecule has 1 amide bonds. The molecule has 0 bridgehead atoms. The van der Waals surface area contributed by atoms with Gasteiger partial charge in [-0.3, -0.25) is 4.79 Å². The van der Waals surface area contributed by atoms with Gasteiger partial charge in [0.05, 0.1) is 11.7 Å². The van der Waals surface area contributed by atoms with E-state index in [4.69, 9.17) is 5.73 Å². The van der Waals surface area contributed by atoms with Gasteiger partial charge in [0.2, 0.25) is 5.91 Å². The van der Waals surface area contributed by atoms with Gasteiger partial charge in [-0.1, -0.05) is 30.9 Å². The van der Waals surface area contributed by atoms with Gasteiger partial charge in [-0.2, -0.15) is 0 Å². The Morgan fingerprint density at radius 3 is 2.60 bits per heavy atom. The fraction of sp³-hybridized carbons (Fsp3) is 0.786. The number of hydrogen-bond acceptors (Lipinski definition) is 4. The first-order valence-electron chi connectivity index (χ1n) is 7.44. The van der Waals surface area contributed by atoms with Crippen LogP contribution in [0.2, 0.25) is 0 Å². The van der Waals surface area contributed by atoms with E-state index in [-0.39, 0.29) is 12.5 Å². The Kier molecular flexibility index (Phi) is 4.75. The summed E-state index contributed by atoms with van der Waals surface area (Å²) in [5.74, 6) is 0.00294. The Hall–Kier alpha value is -1.43. The number of aromatic nitrogens is 3. The fourth-order valence-electron chi connectivity index (χ4n) is 2.52. The van der Waals surface area contributed by atoms with Gasteiger partial charge in [0.15, 0.2) is 0 Å². The lowest BCUT2D eigenvalue weighted by Gasteiger charge is -2.16. The lowest BCUT2D eigenvalue weighted by molar-refractivity contribution is -0.122. The largest absolute Gasteiger partial charge is 0.352 e. The highest BCUT2D eigenvalue weighted by atomic mass is 16.2. The number of nitrogens with one attached hydrogen (secondary N) is 1. The van der Waals surface area contributed by atoms with Crippen LogP contribution in [0.3, 0.4) is 0 Å². The van der Waals surface area contributed by atoms with E-state index >= 15 is 0 Å². The van der Waals surface area contributed by atoms with Crippen molar-refractivity contribution in [3.05, 3.63) is 11.9 Å². The van der Waals surface area contributed by atoms with Gasteiger partial charge in [-0.15, -0.1) is 5.10 Å². The van der Waals surface area contributed by atoms with Crippen molar-refractivity contribution in [1.29, 1.82) is 0 Å². The van der Waals surface area contributed by atoms with Gasteiger partial charge in [0.25, 0.3) is 0 Å². The molecule has 1 aromatic heterocycles. The quantitative estimate of drug-likeness (QED) is 0.814. The molecule has 0 aromatic carbocycles. The fourth-order valence-corrected chi connectivity index (χ4v) is 2.52. The smallest absolute Gasteiger partial charge is 0.242 e. The summed E-state index contributed by atoms with van der Waals surface area (Å²) >= 11 is 0. The van der Waals surface area contributed by atoms with Crippen LogP contribution in [0.1, 0.15) is 58.1 Å². The van der Waals surface area contributed by atoms with Crippen LogP contribution < -0.4 is 11.1 Å². The van der Waals surface area contributed by atoms with Crippen molar-refractivity contribution in [2.75, 3.05) is 0 Å². The van der Waals surface area contributed by atoms with Crippen LogP contribution in [-0.2, 0) is 16.9 Å². The summed E-state index contributed by atoms with van der Waals surface area (Å²) in [7, 11) is 0. The van der Waals surface area contributed by atoms with Crippen LogP contribution in [0.4, 0.5) is 0 Å². The zero-order valence-electron chi connectivity index (χ0n) is 12.4. The molecule has 1 aliphatic rings. The third-order valence-electron chi connectivity index (χ3n) is 3.72. The van der Waals surface area contributed by atoms with Crippen LogP contribution >= 0.6 is 0 Å². The SMILES string of the molecule is CC(C)(N)c1cn(CC(=O)NC2CCCCCC2)nn1. The second-order valence-corrected chi connectivity index (χ2v) is 6.28. The minimum Gasteiger partial charge on any atom is -0.352 e. The molecule has 1 saturated carbocycles. The Bertz CT molecular complexity index is 441. The van der Waals surface area contributed by atoms with Gasteiger partial charge >= 0.3 is 0 Å². The zero-order valence-corrected chi connectivity index (χ0v) is 12.4. The van der Waals surface area contributed by atoms with E-state index in [9.17, 15) is 4.79 Å². The highest BCUT2D eigenvalue weighted by molar-refractivity contribution is 5.75. The van der Waals surface area contributed by atoms with Crippen LogP contribution in [0.5, 0.6) is 0 Å². The second kappa shape index (κ2) is 6.35. The maximum Gasteiger partial charge on any atom is 0.242 e. The summed E-state index contributed by atoms with van der Waals surface area (Å²) in [6, 6.07) is 0.318. The van der Waals surface area contributed by atoms with E-state index in [1.54, 1.807) is 10.9 Å². The molecule has 1 heterocycles. The van der Waals surface area contributed by atoms with Crippen molar-refractivity contribution in [1.82, 2.24) is 20.3 Å². The van der Waals surface area contributed by atoms with E-state index in [1.807, 2.05) is 13.8 Å². The lowest BCUT2D eigenvalue weighted by Crippen LogP contribution is -2.36. The minimum atomic E-state index is -0.532. The molecule has 112 valence electrons. The summed E-state index contributed by atoms with van der Waals surface area (Å²) in [4.78, 5) is 12.0.